The lowest BCUT2D eigenvalue weighted by Crippen LogP contribution is -2.38. The topological polar surface area (TPSA) is 32.3 Å². The van der Waals surface area contributed by atoms with Gasteiger partial charge in [-0.05, 0) is 25.0 Å². The van der Waals surface area contributed by atoms with Crippen molar-refractivity contribution in [2.24, 2.45) is 0 Å². The van der Waals surface area contributed by atoms with E-state index in [0.717, 1.165) is 11.5 Å². The van der Waals surface area contributed by atoms with E-state index in [1.807, 2.05) is 25.6 Å². The summed E-state index contributed by atoms with van der Waals surface area (Å²) in [7, 11) is 0. The summed E-state index contributed by atoms with van der Waals surface area (Å²) in [5, 5.41) is 13.2. The minimum atomic E-state index is -0.642. The smallest absolute Gasteiger partial charge is 0.0715 e. The normalized spacial score (nSPS) is 20.6. The van der Waals surface area contributed by atoms with E-state index in [-0.39, 0.29) is 0 Å². The first kappa shape index (κ1) is 12.0. The number of rotatable bonds is 3. The molecule has 0 fully saturated rings. The Balaban J connectivity index is 2.07. The fourth-order valence-electron chi connectivity index (χ4n) is 1.92. The molecule has 0 aromatic heterocycles. The molecule has 1 aromatic rings. The summed E-state index contributed by atoms with van der Waals surface area (Å²) in [5.41, 5.74) is 2.18. The van der Waals surface area contributed by atoms with Crippen molar-refractivity contribution < 1.29 is 5.11 Å². The maximum Gasteiger partial charge on any atom is 0.0715 e. The summed E-state index contributed by atoms with van der Waals surface area (Å²) in [5.74, 6) is 2.20. The zero-order chi connectivity index (χ0) is 11.6. The van der Waals surface area contributed by atoms with Crippen LogP contribution in [0, 0.1) is 0 Å². The van der Waals surface area contributed by atoms with Gasteiger partial charge >= 0.3 is 0 Å². The van der Waals surface area contributed by atoms with Crippen LogP contribution in [0.5, 0.6) is 0 Å². The molecule has 1 heterocycles. The lowest BCUT2D eigenvalue weighted by molar-refractivity contribution is 0.0771. The Morgan fingerprint density at radius 3 is 2.94 bits per heavy atom. The number of thioether (sulfide) groups is 1. The van der Waals surface area contributed by atoms with Crippen LogP contribution >= 0.6 is 11.8 Å². The highest BCUT2D eigenvalue weighted by Crippen LogP contribution is 2.31. The first-order valence-corrected chi connectivity index (χ1v) is 6.83. The molecular weight excluding hydrogens is 218 g/mol. The van der Waals surface area contributed by atoms with E-state index in [2.05, 4.69) is 29.6 Å². The summed E-state index contributed by atoms with van der Waals surface area (Å²) in [6.45, 7) is 4.30. The zero-order valence-electron chi connectivity index (χ0n) is 9.86. The predicted octanol–water partition coefficient (Wildman–Crippen LogP) is 2.33. The Morgan fingerprint density at radius 1 is 1.44 bits per heavy atom. The molecule has 0 bridgehead atoms. The molecule has 1 aromatic carbocycles. The van der Waals surface area contributed by atoms with Gasteiger partial charge in [0.25, 0.3) is 0 Å². The largest absolute Gasteiger partial charge is 0.389 e. The van der Waals surface area contributed by atoms with Crippen LogP contribution < -0.4 is 5.32 Å². The van der Waals surface area contributed by atoms with Crippen LogP contribution in [0.2, 0.25) is 0 Å². The number of nitrogens with one attached hydrogen (secondary N) is 1. The average Bonchev–Trinajstić information content (AvgIpc) is 2.25. The number of hydrogen-bond acceptors (Lipinski definition) is 3. The molecule has 1 aliphatic rings. The molecule has 2 rings (SSSR count). The number of fused-ring (bicyclic) bond motifs is 1. The molecule has 1 atom stereocenters. The van der Waals surface area contributed by atoms with E-state index in [1.54, 1.807) is 0 Å². The number of aliphatic hydroxyl groups is 1. The summed E-state index contributed by atoms with van der Waals surface area (Å²) < 4.78 is 0. The molecule has 0 aliphatic carbocycles. The lowest BCUT2D eigenvalue weighted by atomic mass is 10.0. The molecule has 0 radical (unpaired) electrons. The van der Waals surface area contributed by atoms with Gasteiger partial charge in [0, 0.05) is 24.1 Å². The van der Waals surface area contributed by atoms with Crippen LogP contribution in [0.3, 0.4) is 0 Å². The Hall–Kier alpha value is -0.510. The van der Waals surface area contributed by atoms with Gasteiger partial charge in [0.1, 0.15) is 0 Å². The van der Waals surface area contributed by atoms with Gasteiger partial charge in [0.15, 0.2) is 0 Å². The maximum absolute atomic E-state index is 9.73. The lowest BCUT2D eigenvalue weighted by Gasteiger charge is -2.28. The Morgan fingerprint density at radius 2 is 2.19 bits per heavy atom. The van der Waals surface area contributed by atoms with Gasteiger partial charge in [-0.2, -0.15) is 11.8 Å². The number of benzene rings is 1. The van der Waals surface area contributed by atoms with Crippen molar-refractivity contribution in [2.75, 3.05) is 12.3 Å². The van der Waals surface area contributed by atoms with Gasteiger partial charge in [-0.15, -0.1) is 0 Å². The van der Waals surface area contributed by atoms with Gasteiger partial charge in [0.05, 0.1) is 5.60 Å². The van der Waals surface area contributed by atoms with E-state index in [9.17, 15) is 5.11 Å². The first-order chi connectivity index (χ1) is 7.56. The van der Waals surface area contributed by atoms with Crippen molar-refractivity contribution in [1.82, 2.24) is 5.32 Å². The standard InChI is InChI=1S/C13H19NOS/c1-13(2,15)9-14-12-8-16-7-10-5-3-4-6-11(10)12/h3-6,12,14-15H,7-9H2,1-2H3. The molecular formula is C13H19NOS. The third-order valence-electron chi connectivity index (χ3n) is 2.75. The molecule has 16 heavy (non-hydrogen) atoms. The Labute approximate surface area is 101 Å². The SMILES string of the molecule is CC(C)(O)CNC1CSCc2ccccc21. The molecule has 2 N–H and O–H groups in total. The average molecular weight is 237 g/mol. The molecule has 1 unspecified atom stereocenters. The molecule has 0 saturated carbocycles. The van der Waals surface area contributed by atoms with Crippen LogP contribution in [0.1, 0.15) is 31.0 Å². The minimum absolute atomic E-state index is 0.376. The van der Waals surface area contributed by atoms with Crippen LogP contribution in [-0.4, -0.2) is 23.0 Å². The van der Waals surface area contributed by atoms with Crippen LogP contribution in [0.15, 0.2) is 24.3 Å². The summed E-state index contributed by atoms with van der Waals surface area (Å²) in [6, 6.07) is 8.95. The van der Waals surface area contributed by atoms with E-state index in [1.165, 1.54) is 11.1 Å². The second kappa shape index (κ2) is 4.78. The maximum atomic E-state index is 9.73. The highest BCUT2D eigenvalue weighted by atomic mass is 32.2. The van der Waals surface area contributed by atoms with E-state index in [4.69, 9.17) is 0 Å². The van der Waals surface area contributed by atoms with Crippen molar-refractivity contribution in [2.45, 2.75) is 31.2 Å². The number of hydrogen-bond donors (Lipinski definition) is 2. The first-order valence-electron chi connectivity index (χ1n) is 5.67. The Bertz CT molecular complexity index is 359. The van der Waals surface area contributed by atoms with Gasteiger partial charge in [-0.25, -0.2) is 0 Å². The Kier molecular flexibility index (Phi) is 3.57. The molecule has 0 saturated heterocycles. The summed E-state index contributed by atoms with van der Waals surface area (Å²) in [4.78, 5) is 0. The van der Waals surface area contributed by atoms with Crippen LogP contribution in [0.4, 0.5) is 0 Å². The van der Waals surface area contributed by atoms with Crippen LogP contribution in [-0.2, 0) is 5.75 Å². The van der Waals surface area contributed by atoms with E-state index < -0.39 is 5.60 Å². The summed E-state index contributed by atoms with van der Waals surface area (Å²) >= 11 is 1.95. The van der Waals surface area contributed by atoms with Crippen molar-refractivity contribution in [1.29, 1.82) is 0 Å². The van der Waals surface area contributed by atoms with Crippen molar-refractivity contribution in [3.8, 4) is 0 Å². The molecule has 1 aliphatic heterocycles. The van der Waals surface area contributed by atoms with E-state index in [0.29, 0.717) is 12.6 Å². The fraction of sp³-hybridized carbons (Fsp3) is 0.538. The monoisotopic (exact) mass is 237 g/mol. The summed E-state index contributed by atoms with van der Waals surface area (Å²) in [6.07, 6.45) is 0. The molecule has 0 amide bonds. The molecule has 0 spiro atoms. The van der Waals surface area contributed by atoms with Gasteiger partial charge in [0.2, 0.25) is 0 Å². The zero-order valence-corrected chi connectivity index (χ0v) is 10.7. The quantitative estimate of drug-likeness (QED) is 0.846. The van der Waals surface area contributed by atoms with Crippen molar-refractivity contribution >= 4 is 11.8 Å². The third kappa shape index (κ3) is 3.00. The second-order valence-corrected chi connectivity index (χ2v) is 5.99. The van der Waals surface area contributed by atoms with Gasteiger partial charge in [-0.1, -0.05) is 24.3 Å². The molecule has 88 valence electrons. The highest BCUT2D eigenvalue weighted by Gasteiger charge is 2.22. The van der Waals surface area contributed by atoms with E-state index >= 15 is 0 Å². The van der Waals surface area contributed by atoms with Gasteiger partial charge in [-0.3, -0.25) is 0 Å². The molecule has 2 nitrogen and oxygen atoms in total. The highest BCUT2D eigenvalue weighted by molar-refractivity contribution is 7.98. The third-order valence-corrected chi connectivity index (χ3v) is 3.84. The fourth-order valence-corrected chi connectivity index (χ4v) is 3.06. The van der Waals surface area contributed by atoms with Crippen molar-refractivity contribution in [3.05, 3.63) is 35.4 Å². The predicted molar refractivity (Wildman–Crippen MR) is 69.6 cm³/mol. The minimum Gasteiger partial charge on any atom is -0.389 e. The van der Waals surface area contributed by atoms with Gasteiger partial charge < -0.3 is 10.4 Å². The molecule has 3 heteroatoms. The van der Waals surface area contributed by atoms with Crippen LogP contribution in [0.25, 0.3) is 0 Å². The van der Waals surface area contributed by atoms with Crippen molar-refractivity contribution in [3.63, 3.8) is 0 Å². The second-order valence-electron chi connectivity index (χ2n) is 4.96.